The number of anilines is 6. The number of hydrogen-bond acceptors (Lipinski definition) is 2. The molecule has 14 aromatic rings. The second kappa shape index (κ2) is 20.7. The molecule has 0 fully saturated rings. The second-order valence-electron chi connectivity index (χ2n) is 22.8. The highest BCUT2D eigenvalue weighted by Crippen LogP contribution is 2.49. The molecule has 0 radical (unpaired) electrons. The Morgan fingerprint density at radius 3 is 1.25 bits per heavy atom. The van der Waals surface area contributed by atoms with Crippen molar-refractivity contribution in [2.45, 2.75) is 13.1 Å². The van der Waals surface area contributed by atoms with Gasteiger partial charge in [-0.2, -0.15) is 13.2 Å². The quantitative estimate of drug-likeness (QED) is 0.133. The molecule has 87 heavy (non-hydrogen) atoms. The molecule has 0 saturated carbocycles. The minimum Gasteiger partial charge on any atom is -0.311 e. The summed E-state index contributed by atoms with van der Waals surface area (Å²) in [6.45, 7) is 1.52. The number of aromatic nitrogens is 1. The van der Waals surface area contributed by atoms with Crippen molar-refractivity contribution in [3.8, 4) is 72.4 Å². The second-order valence-corrected chi connectivity index (χ2v) is 22.8. The van der Waals surface area contributed by atoms with E-state index in [2.05, 4.69) is 263 Å². The number of nitrogens with zero attached hydrogens (tertiary/aromatic N) is 3. The highest BCUT2D eigenvalue weighted by Gasteiger charge is 2.44. The predicted octanol–water partition coefficient (Wildman–Crippen LogP) is 20.2. The van der Waals surface area contributed by atoms with Crippen molar-refractivity contribution in [3.63, 3.8) is 0 Å². The van der Waals surface area contributed by atoms with E-state index in [1.54, 1.807) is 25.1 Å². The number of fused-ring (bicyclic) bond motifs is 7. The number of hydrogen-bond donors (Lipinski definition) is 0. The van der Waals surface area contributed by atoms with Gasteiger partial charge in [-0.25, -0.2) is 0 Å². The van der Waals surface area contributed by atoms with Crippen LogP contribution in [0.25, 0.3) is 94.3 Å². The molecular formula is C80H53BF3N3. The molecule has 0 bridgehead atoms. The fourth-order valence-corrected chi connectivity index (χ4v) is 13.7. The molecule has 412 valence electrons. The molecule has 1 aromatic heterocycles. The Labute approximate surface area is 503 Å². The molecule has 0 aliphatic carbocycles. The lowest BCUT2D eigenvalue weighted by Crippen LogP contribution is -2.61. The molecule has 0 saturated heterocycles. The van der Waals surface area contributed by atoms with Gasteiger partial charge in [-0.3, -0.25) is 0 Å². The van der Waals surface area contributed by atoms with Crippen molar-refractivity contribution in [1.29, 1.82) is 0 Å². The number of alkyl halides is 3. The van der Waals surface area contributed by atoms with Crippen molar-refractivity contribution < 1.29 is 13.2 Å². The molecular weight excluding hydrogens is 1070 g/mol. The molecule has 0 amide bonds. The minimum absolute atomic E-state index is 0.141. The van der Waals surface area contributed by atoms with Gasteiger partial charge in [0, 0.05) is 50.5 Å². The molecule has 3 nitrogen and oxygen atoms in total. The lowest BCUT2D eigenvalue weighted by Gasteiger charge is -2.44. The zero-order valence-corrected chi connectivity index (χ0v) is 47.4. The lowest BCUT2D eigenvalue weighted by molar-refractivity contribution is -0.137. The summed E-state index contributed by atoms with van der Waals surface area (Å²) in [5.41, 5.74) is 24.1. The summed E-state index contributed by atoms with van der Waals surface area (Å²) in [5, 5.41) is 1.98. The summed E-state index contributed by atoms with van der Waals surface area (Å²) < 4.78 is 47.1. The maximum Gasteiger partial charge on any atom is 0.417 e. The van der Waals surface area contributed by atoms with Gasteiger partial charge >= 0.3 is 6.18 Å². The molecule has 0 N–H and O–H groups in total. The normalized spacial score (nSPS) is 12.5. The van der Waals surface area contributed by atoms with Crippen molar-refractivity contribution in [3.05, 3.63) is 314 Å². The molecule has 0 atom stereocenters. The topological polar surface area (TPSA) is 11.4 Å². The van der Waals surface area contributed by atoms with E-state index in [4.69, 9.17) is 0 Å². The van der Waals surface area contributed by atoms with E-state index >= 15 is 0 Å². The highest BCUT2D eigenvalue weighted by atomic mass is 19.4. The Kier molecular flexibility index (Phi) is 12.3. The number of rotatable bonds is 9. The van der Waals surface area contributed by atoms with E-state index in [-0.39, 0.29) is 12.3 Å². The van der Waals surface area contributed by atoms with Crippen LogP contribution >= 0.6 is 0 Å². The summed E-state index contributed by atoms with van der Waals surface area (Å²) >= 11 is 0. The predicted molar refractivity (Wildman–Crippen MR) is 357 cm³/mol. The zero-order valence-electron chi connectivity index (χ0n) is 47.4. The Balaban J connectivity index is 0.963. The summed E-state index contributed by atoms with van der Waals surface area (Å²) in [7, 11) is 0. The fourth-order valence-electron chi connectivity index (χ4n) is 13.7. The summed E-state index contributed by atoms with van der Waals surface area (Å²) in [6, 6.07) is 106. The van der Waals surface area contributed by atoms with E-state index in [0.717, 1.165) is 112 Å². The number of para-hydroxylation sites is 2. The first-order chi connectivity index (χ1) is 42.7. The van der Waals surface area contributed by atoms with Crippen LogP contribution in [0.5, 0.6) is 0 Å². The van der Waals surface area contributed by atoms with Gasteiger partial charge in [-0.05, 0) is 163 Å². The third-order valence-corrected chi connectivity index (χ3v) is 17.7. The van der Waals surface area contributed by atoms with Crippen molar-refractivity contribution in [2.24, 2.45) is 0 Å². The maximum atomic E-state index is 15.0. The Hall–Kier alpha value is -10.9. The van der Waals surface area contributed by atoms with E-state index in [0.29, 0.717) is 16.8 Å². The lowest BCUT2D eigenvalue weighted by atomic mass is 9.33. The van der Waals surface area contributed by atoms with Crippen LogP contribution in [0.2, 0.25) is 0 Å². The summed E-state index contributed by atoms with van der Waals surface area (Å²) in [4.78, 5) is 4.95. The summed E-state index contributed by atoms with van der Waals surface area (Å²) in [5.74, 6) is 0. The van der Waals surface area contributed by atoms with Crippen molar-refractivity contribution >= 4 is 79.0 Å². The maximum absolute atomic E-state index is 15.0. The van der Waals surface area contributed by atoms with Crippen molar-refractivity contribution in [1.82, 2.24) is 4.57 Å². The fraction of sp³-hybridized carbons (Fsp3) is 0.0250. The number of benzene rings is 13. The largest absolute Gasteiger partial charge is 0.417 e. The van der Waals surface area contributed by atoms with Crippen LogP contribution in [0.4, 0.5) is 47.3 Å². The van der Waals surface area contributed by atoms with Gasteiger partial charge in [0.15, 0.2) is 0 Å². The van der Waals surface area contributed by atoms with E-state index in [9.17, 15) is 13.2 Å². The molecule has 13 aromatic carbocycles. The van der Waals surface area contributed by atoms with E-state index in [1.165, 1.54) is 22.5 Å². The molecule has 2 aliphatic heterocycles. The first kappa shape index (κ1) is 51.7. The van der Waals surface area contributed by atoms with Gasteiger partial charge in [-0.1, -0.05) is 230 Å². The van der Waals surface area contributed by atoms with Gasteiger partial charge in [0.25, 0.3) is 6.71 Å². The smallest absolute Gasteiger partial charge is 0.311 e. The van der Waals surface area contributed by atoms with E-state index in [1.807, 2.05) is 30.3 Å². The zero-order chi connectivity index (χ0) is 58.3. The summed E-state index contributed by atoms with van der Waals surface area (Å²) in [6.07, 6.45) is -4.55. The van der Waals surface area contributed by atoms with Crippen LogP contribution in [0.3, 0.4) is 0 Å². The Morgan fingerprint density at radius 2 is 0.724 bits per heavy atom. The first-order valence-corrected chi connectivity index (χ1v) is 29.5. The van der Waals surface area contributed by atoms with Crippen molar-refractivity contribution in [2.75, 3.05) is 9.80 Å². The Bertz CT molecular complexity index is 4770. The highest BCUT2D eigenvalue weighted by molar-refractivity contribution is 7.00. The van der Waals surface area contributed by atoms with Crippen LogP contribution in [0.1, 0.15) is 11.1 Å². The van der Waals surface area contributed by atoms with Gasteiger partial charge in [0.1, 0.15) is 0 Å². The molecule has 3 heterocycles. The van der Waals surface area contributed by atoms with E-state index < -0.39 is 11.7 Å². The molecule has 0 unspecified atom stereocenters. The van der Waals surface area contributed by atoms with Gasteiger partial charge in [-0.15, -0.1) is 0 Å². The average molecular weight is 1120 g/mol. The molecule has 16 rings (SSSR count). The molecule has 0 spiro atoms. The van der Waals surface area contributed by atoms with Gasteiger partial charge in [0.05, 0.1) is 22.3 Å². The average Bonchev–Trinajstić information content (AvgIpc) is 1.03. The molecule has 2 aliphatic rings. The molecule has 7 heteroatoms. The van der Waals surface area contributed by atoms with Crippen LogP contribution in [0.15, 0.2) is 303 Å². The monoisotopic (exact) mass is 1120 g/mol. The van der Waals surface area contributed by atoms with Crippen LogP contribution in [-0.4, -0.2) is 11.3 Å². The number of aryl methyl sites for hydroxylation is 1. The van der Waals surface area contributed by atoms with Crippen LogP contribution in [0, 0.1) is 6.92 Å². The van der Waals surface area contributed by atoms with Crippen LogP contribution < -0.4 is 26.2 Å². The van der Waals surface area contributed by atoms with Gasteiger partial charge in [0.2, 0.25) is 0 Å². The third kappa shape index (κ3) is 8.84. The first-order valence-electron chi connectivity index (χ1n) is 29.5. The SMILES string of the molecule is Cc1ccc(-c2ccccc2-n2c3ccccc3c3cc(-c4cc5c6c(c4)N(c4ccc(-c7ccccc7)cc4)c4ccc(-c7ccccc7)cc4B6c4cc(-c6ccccc6)ccc4N5c4ccc(-c5ccccc5)cc4)ccc32)c(C(F)(F)F)c1. The third-order valence-electron chi connectivity index (χ3n) is 17.7. The van der Waals surface area contributed by atoms with Gasteiger partial charge < -0.3 is 14.4 Å². The number of halogens is 3. The standard InChI is InChI=1S/C80H53BF3N3/c1-52-30-42-65(69(46-52)80(82,83)84)66-26-14-16-28-72(66)87-73-29-17-15-27-67(73)68-47-59(35-43-74(68)87)62-50-77-79-78(51-62)86(64-40-33-58(34-41-64)54-20-8-3-9-21-54)76-45-37-61(56-24-12-5-13-25-56)49-71(76)81(79)70-48-60(55-22-10-4-11-23-55)36-44-75(70)85(77)63-38-31-57(32-39-63)53-18-6-2-7-19-53/h2-51H,1H3. The minimum atomic E-state index is -4.55. The Morgan fingerprint density at radius 1 is 0.299 bits per heavy atom. The van der Waals surface area contributed by atoms with Crippen LogP contribution in [-0.2, 0) is 6.18 Å².